The zero-order valence-electron chi connectivity index (χ0n) is 15.9. The number of nitrogens with one attached hydrogen (secondary N) is 1. The van der Waals surface area contributed by atoms with Gasteiger partial charge in [-0.2, -0.15) is 0 Å². The standard InChI is InChI=1S/C21H30N2O3S/c24-20(22-15-18-5-4-14-26-18)9-8-17-10-12-23(13-11-17)21(25)16-27-19-6-2-1-3-7-19/h1-3,6-7,17-18H,4-5,8-16H2,(H,22,24). The molecule has 1 unspecified atom stereocenters. The number of likely N-dealkylation sites (tertiary alicyclic amines) is 1. The lowest BCUT2D eigenvalue weighted by Gasteiger charge is -2.32. The van der Waals surface area contributed by atoms with E-state index in [1.807, 2.05) is 35.2 Å². The van der Waals surface area contributed by atoms with Crippen LogP contribution in [0.3, 0.4) is 0 Å². The SMILES string of the molecule is O=C(CCC1CCN(C(=O)CSc2ccccc2)CC1)NCC1CCCO1. The molecule has 1 atom stereocenters. The Kier molecular flexibility index (Phi) is 8.02. The van der Waals surface area contributed by atoms with E-state index in [0.717, 1.165) is 56.7 Å². The molecule has 148 valence electrons. The molecule has 1 aromatic rings. The maximum absolute atomic E-state index is 12.4. The van der Waals surface area contributed by atoms with E-state index in [1.165, 1.54) is 0 Å². The van der Waals surface area contributed by atoms with E-state index in [2.05, 4.69) is 5.32 Å². The highest BCUT2D eigenvalue weighted by molar-refractivity contribution is 8.00. The molecule has 0 bridgehead atoms. The molecule has 0 spiro atoms. The maximum atomic E-state index is 12.4. The van der Waals surface area contributed by atoms with Gasteiger partial charge in [-0.3, -0.25) is 9.59 Å². The topological polar surface area (TPSA) is 58.6 Å². The van der Waals surface area contributed by atoms with E-state index in [0.29, 0.717) is 24.6 Å². The average molecular weight is 391 g/mol. The lowest BCUT2D eigenvalue weighted by atomic mass is 9.92. The molecule has 1 aromatic carbocycles. The highest BCUT2D eigenvalue weighted by Crippen LogP contribution is 2.24. The zero-order chi connectivity index (χ0) is 18.9. The van der Waals surface area contributed by atoms with Crippen molar-refractivity contribution in [3.8, 4) is 0 Å². The van der Waals surface area contributed by atoms with Gasteiger partial charge in [-0.05, 0) is 50.2 Å². The van der Waals surface area contributed by atoms with Crippen LogP contribution >= 0.6 is 11.8 Å². The quantitative estimate of drug-likeness (QED) is 0.693. The van der Waals surface area contributed by atoms with E-state index < -0.39 is 0 Å². The van der Waals surface area contributed by atoms with Crippen molar-refractivity contribution in [2.24, 2.45) is 5.92 Å². The molecule has 2 aliphatic rings. The van der Waals surface area contributed by atoms with Gasteiger partial charge in [-0.15, -0.1) is 11.8 Å². The van der Waals surface area contributed by atoms with Gasteiger partial charge < -0.3 is 15.0 Å². The highest BCUT2D eigenvalue weighted by atomic mass is 32.2. The molecule has 0 saturated carbocycles. The van der Waals surface area contributed by atoms with Crippen LogP contribution in [0.25, 0.3) is 0 Å². The van der Waals surface area contributed by atoms with Crippen LogP contribution in [0.2, 0.25) is 0 Å². The van der Waals surface area contributed by atoms with Crippen LogP contribution in [0.5, 0.6) is 0 Å². The number of carbonyl (C=O) groups is 2. The normalized spacial score (nSPS) is 20.6. The Morgan fingerprint density at radius 2 is 1.93 bits per heavy atom. The molecule has 2 heterocycles. The summed E-state index contributed by atoms with van der Waals surface area (Å²) in [5.41, 5.74) is 0. The Bertz CT molecular complexity index is 597. The minimum Gasteiger partial charge on any atom is -0.376 e. The lowest BCUT2D eigenvalue weighted by molar-refractivity contribution is -0.130. The second kappa shape index (κ2) is 10.7. The lowest BCUT2D eigenvalue weighted by Crippen LogP contribution is -2.39. The monoisotopic (exact) mass is 390 g/mol. The molecule has 5 nitrogen and oxygen atoms in total. The molecule has 6 heteroatoms. The van der Waals surface area contributed by atoms with Crippen molar-refractivity contribution in [3.05, 3.63) is 30.3 Å². The molecule has 2 saturated heterocycles. The van der Waals surface area contributed by atoms with Gasteiger partial charge in [-0.1, -0.05) is 18.2 Å². The first kappa shape index (κ1) is 20.2. The number of amides is 2. The van der Waals surface area contributed by atoms with Gasteiger partial charge in [0.15, 0.2) is 0 Å². The van der Waals surface area contributed by atoms with Crippen LogP contribution < -0.4 is 5.32 Å². The van der Waals surface area contributed by atoms with Crippen LogP contribution in [0.15, 0.2) is 35.2 Å². The van der Waals surface area contributed by atoms with Crippen molar-refractivity contribution in [1.82, 2.24) is 10.2 Å². The van der Waals surface area contributed by atoms with Crippen molar-refractivity contribution >= 4 is 23.6 Å². The summed E-state index contributed by atoms with van der Waals surface area (Å²) in [6.07, 6.45) is 5.85. The average Bonchev–Trinajstić information content (AvgIpc) is 3.24. The third-order valence-corrected chi connectivity index (χ3v) is 6.40. The molecule has 0 aliphatic carbocycles. The van der Waals surface area contributed by atoms with Crippen molar-refractivity contribution in [3.63, 3.8) is 0 Å². The van der Waals surface area contributed by atoms with E-state index in [4.69, 9.17) is 4.74 Å². The highest BCUT2D eigenvalue weighted by Gasteiger charge is 2.23. The molecule has 27 heavy (non-hydrogen) atoms. The van der Waals surface area contributed by atoms with Gasteiger partial charge in [0.2, 0.25) is 11.8 Å². The van der Waals surface area contributed by atoms with Crippen LogP contribution in [-0.4, -0.2) is 54.8 Å². The zero-order valence-corrected chi connectivity index (χ0v) is 16.7. The van der Waals surface area contributed by atoms with Gasteiger partial charge in [-0.25, -0.2) is 0 Å². The fraction of sp³-hybridized carbons (Fsp3) is 0.619. The fourth-order valence-corrected chi connectivity index (χ4v) is 4.50. The summed E-state index contributed by atoms with van der Waals surface area (Å²) in [6.45, 7) is 3.10. The first-order chi connectivity index (χ1) is 13.2. The van der Waals surface area contributed by atoms with E-state index >= 15 is 0 Å². The van der Waals surface area contributed by atoms with Gasteiger partial charge in [0, 0.05) is 37.6 Å². The summed E-state index contributed by atoms with van der Waals surface area (Å²) >= 11 is 1.60. The Labute approximate surface area is 166 Å². The van der Waals surface area contributed by atoms with Gasteiger partial charge in [0.1, 0.15) is 0 Å². The first-order valence-electron chi connectivity index (χ1n) is 10.0. The molecular formula is C21H30N2O3S. The first-order valence-corrected chi connectivity index (χ1v) is 11.0. The summed E-state index contributed by atoms with van der Waals surface area (Å²) in [6, 6.07) is 10.0. The number of rotatable bonds is 8. The van der Waals surface area contributed by atoms with Crippen molar-refractivity contribution in [2.75, 3.05) is 32.0 Å². The number of ether oxygens (including phenoxy) is 1. The van der Waals surface area contributed by atoms with Crippen LogP contribution in [-0.2, 0) is 14.3 Å². The molecule has 2 fully saturated rings. The second-order valence-corrected chi connectivity index (χ2v) is 8.45. The molecular weight excluding hydrogens is 360 g/mol. The number of carbonyl (C=O) groups excluding carboxylic acids is 2. The van der Waals surface area contributed by atoms with E-state index in [9.17, 15) is 9.59 Å². The largest absolute Gasteiger partial charge is 0.376 e. The number of piperidine rings is 1. The Morgan fingerprint density at radius 3 is 2.63 bits per heavy atom. The number of thioether (sulfide) groups is 1. The summed E-state index contributed by atoms with van der Waals surface area (Å²) in [4.78, 5) is 27.5. The minimum absolute atomic E-state index is 0.128. The van der Waals surface area contributed by atoms with Crippen LogP contribution in [0.1, 0.15) is 38.5 Å². The van der Waals surface area contributed by atoms with Crippen LogP contribution in [0.4, 0.5) is 0 Å². The Hall–Kier alpha value is -1.53. The molecule has 3 rings (SSSR count). The fourth-order valence-electron chi connectivity index (χ4n) is 3.68. The molecule has 2 amide bonds. The molecule has 0 radical (unpaired) electrons. The Balaban J connectivity index is 1.28. The number of hydrogen-bond donors (Lipinski definition) is 1. The third-order valence-electron chi connectivity index (χ3n) is 5.40. The summed E-state index contributed by atoms with van der Waals surface area (Å²) < 4.78 is 5.53. The van der Waals surface area contributed by atoms with Crippen molar-refractivity contribution in [2.45, 2.75) is 49.5 Å². The predicted octanol–water partition coefficient (Wildman–Crippen LogP) is 3.09. The second-order valence-electron chi connectivity index (χ2n) is 7.40. The van der Waals surface area contributed by atoms with Gasteiger partial charge in [0.25, 0.3) is 0 Å². The summed E-state index contributed by atoms with van der Waals surface area (Å²) in [7, 11) is 0. The minimum atomic E-state index is 0.128. The van der Waals surface area contributed by atoms with Gasteiger partial charge >= 0.3 is 0 Å². The van der Waals surface area contributed by atoms with E-state index in [-0.39, 0.29) is 17.9 Å². The third kappa shape index (κ3) is 6.85. The van der Waals surface area contributed by atoms with E-state index in [1.54, 1.807) is 11.8 Å². The summed E-state index contributed by atoms with van der Waals surface area (Å²) in [5.74, 6) is 1.39. The number of hydrogen-bond acceptors (Lipinski definition) is 4. The van der Waals surface area contributed by atoms with Crippen molar-refractivity contribution in [1.29, 1.82) is 0 Å². The van der Waals surface area contributed by atoms with Crippen molar-refractivity contribution < 1.29 is 14.3 Å². The number of benzene rings is 1. The van der Waals surface area contributed by atoms with Crippen LogP contribution in [0, 0.1) is 5.92 Å². The summed E-state index contributed by atoms with van der Waals surface area (Å²) in [5, 5.41) is 2.99. The molecule has 1 N–H and O–H groups in total. The molecule has 0 aromatic heterocycles. The smallest absolute Gasteiger partial charge is 0.232 e. The molecule has 2 aliphatic heterocycles. The Morgan fingerprint density at radius 1 is 1.15 bits per heavy atom. The maximum Gasteiger partial charge on any atom is 0.232 e. The van der Waals surface area contributed by atoms with Gasteiger partial charge in [0.05, 0.1) is 11.9 Å². The predicted molar refractivity (Wildman–Crippen MR) is 108 cm³/mol. The number of nitrogens with zero attached hydrogens (tertiary/aromatic N) is 1.